The Hall–Kier alpha value is -2.37. The van der Waals surface area contributed by atoms with Crippen molar-refractivity contribution in [3.8, 4) is 0 Å². The Morgan fingerprint density at radius 1 is 1.32 bits per heavy atom. The van der Waals surface area contributed by atoms with Crippen molar-refractivity contribution in [2.75, 3.05) is 31.6 Å². The fraction of sp³-hybridized carbons (Fsp3) is 0.524. The highest BCUT2D eigenvalue weighted by molar-refractivity contribution is 14.0. The topological polar surface area (TPSA) is 96.7 Å². The van der Waals surface area contributed by atoms with E-state index < -0.39 is 0 Å². The average Bonchev–Trinajstić information content (AvgIpc) is 3.44. The molecule has 0 spiro atoms. The molecular weight excluding hydrogens is 509 g/mol. The van der Waals surface area contributed by atoms with Crippen LogP contribution in [-0.2, 0) is 22.6 Å². The Bertz CT molecular complexity index is 865. The molecule has 1 aliphatic rings. The molecule has 10 heteroatoms. The van der Waals surface area contributed by atoms with Crippen LogP contribution in [0.2, 0.25) is 0 Å². The lowest BCUT2D eigenvalue weighted by Gasteiger charge is -2.22. The third-order valence-electron chi connectivity index (χ3n) is 5.04. The van der Waals surface area contributed by atoms with Crippen LogP contribution >= 0.6 is 24.0 Å². The maximum atomic E-state index is 11.3. The van der Waals surface area contributed by atoms with E-state index in [1.807, 2.05) is 6.92 Å². The number of guanidine groups is 1. The summed E-state index contributed by atoms with van der Waals surface area (Å²) in [5, 5.41) is 14.7. The van der Waals surface area contributed by atoms with Gasteiger partial charge in [0.1, 0.15) is 12.2 Å². The second kappa shape index (κ2) is 12.5. The largest absolute Gasteiger partial charge is 0.468 e. The van der Waals surface area contributed by atoms with Gasteiger partial charge in [-0.1, -0.05) is 17.3 Å². The minimum absolute atomic E-state index is 0. The number of carbonyl (C=O) groups excluding carboxylic acids is 1. The van der Waals surface area contributed by atoms with Gasteiger partial charge < -0.3 is 20.3 Å². The van der Waals surface area contributed by atoms with E-state index in [2.05, 4.69) is 66.8 Å². The molecule has 2 heterocycles. The monoisotopic (exact) mass is 541 g/mol. The Labute approximate surface area is 200 Å². The number of methoxy groups -OCH3 is 1. The van der Waals surface area contributed by atoms with Crippen molar-refractivity contribution in [1.29, 1.82) is 0 Å². The summed E-state index contributed by atoms with van der Waals surface area (Å²) in [5.74, 6) is 0.342. The van der Waals surface area contributed by atoms with Crippen molar-refractivity contribution in [2.45, 2.75) is 45.8 Å². The van der Waals surface area contributed by atoms with Crippen LogP contribution in [0.3, 0.4) is 0 Å². The number of anilines is 1. The zero-order chi connectivity index (χ0) is 21.3. The van der Waals surface area contributed by atoms with Crippen LogP contribution in [0.5, 0.6) is 0 Å². The lowest BCUT2D eigenvalue weighted by Crippen LogP contribution is -2.38. The van der Waals surface area contributed by atoms with E-state index in [1.165, 1.54) is 35.9 Å². The van der Waals surface area contributed by atoms with Gasteiger partial charge in [-0.05, 0) is 44.4 Å². The van der Waals surface area contributed by atoms with Crippen LogP contribution in [0.4, 0.5) is 5.69 Å². The van der Waals surface area contributed by atoms with Gasteiger partial charge in [-0.3, -0.25) is 4.79 Å². The Morgan fingerprint density at radius 2 is 2.10 bits per heavy atom. The van der Waals surface area contributed by atoms with Gasteiger partial charge in [0.2, 0.25) is 0 Å². The highest BCUT2D eigenvalue weighted by Crippen LogP contribution is 2.23. The molecular formula is C21H32IN7O2. The van der Waals surface area contributed by atoms with Crippen molar-refractivity contribution in [3.63, 3.8) is 0 Å². The van der Waals surface area contributed by atoms with E-state index in [9.17, 15) is 4.79 Å². The number of hydrogen-bond donors (Lipinski definition) is 2. The van der Waals surface area contributed by atoms with E-state index in [1.54, 1.807) is 6.20 Å². The summed E-state index contributed by atoms with van der Waals surface area (Å²) in [6.07, 6.45) is 4.23. The van der Waals surface area contributed by atoms with Gasteiger partial charge in [0.15, 0.2) is 5.96 Å². The Morgan fingerprint density at radius 3 is 2.81 bits per heavy atom. The first-order valence-corrected chi connectivity index (χ1v) is 10.4. The summed E-state index contributed by atoms with van der Waals surface area (Å²) in [7, 11) is 1.35. The number of rotatable bonds is 8. The molecule has 0 amide bonds. The molecule has 1 aromatic carbocycles. The molecule has 170 valence electrons. The van der Waals surface area contributed by atoms with Crippen molar-refractivity contribution in [3.05, 3.63) is 41.7 Å². The molecule has 2 aromatic rings. The second-order valence-corrected chi connectivity index (χ2v) is 7.33. The van der Waals surface area contributed by atoms with E-state index in [0.29, 0.717) is 18.2 Å². The fourth-order valence-electron chi connectivity index (χ4n) is 3.42. The summed E-state index contributed by atoms with van der Waals surface area (Å²) in [4.78, 5) is 18.4. The van der Waals surface area contributed by atoms with Crippen molar-refractivity contribution < 1.29 is 9.53 Å². The van der Waals surface area contributed by atoms with E-state index in [4.69, 9.17) is 0 Å². The molecule has 0 aliphatic carbocycles. The second-order valence-electron chi connectivity index (χ2n) is 7.33. The molecule has 9 nitrogen and oxygen atoms in total. The molecule has 2 N–H and O–H groups in total. The SMILES string of the molecule is CCNC(=NCc1cn(CC(=O)OC)nn1)NC(C)c1cccc(N2CCCC2)c1.I. The van der Waals surface area contributed by atoms with Gasteiger partial charge in [-0.25, -0.2) is 9.67 Å². The first-order valence-electron chi connectivity index (χ1n) is 10.4. The maximum absolute atomic E-state index is 11.3. The molecule has 1 aliphatic heterocycles. The minimum atomic E-state index is -0.366. The molecule has 1 saturated heterocycles. The number of ether oxygens (including phenoxy) is 1. The molecule has 1 unspecified atom stereocenters. The van der Waals surface area contributed by atoms with Crippen LogP contribution in [0, 0.1) is 0 Å². The Balaban J connectivity index is 0.00000341. The van der Waals surface area contributed by atoms with Crippen LogP contribution < -0.4 is 15.5 Å². The van der Waals surface area contributed by atoms with Crippen molar-refractivity contribution >= 4 is 41.6 Å². The zero-order valence-corrected chi connectivity index (χ0v) is 20.7. The van der Waals surface area contributed by atoms with Gasteiger partial charge in [-0.15, -0.1) is 29.1 Å². The number of aromatic nitrogens is 3. The first kappa shape index (κ1) is 24.9. The molecule has 1 aromatic heterocycles. The molecule has 0 radical (unpaired) electrons. The predicted molar refractivity (Wildman–Crippen MR) is 132 cm³/mol. The third-order valence-corrected chi connectivity index (χ3v) is 5.04. The van der Waals surface area contributed by atoms with Gasteiger partial charge in [0.05, 0.1) is 25.9 Å². The smallest absolute Gasteiger partial charge is 0.327 e. The molecule has 3 rings (SSSR count). The third kappa shape index (κ3) is 7.37. The van der Waals surface area contributed by atoms with Gasteiger partial charge in [-0.2, -0.15) is 0 Å². The normalized spacial score (nSPS) is 14.7. The molecule has 1 fully saturated rings. The predicted octanol–water partition coefficient (Wildman–Crippen LogP) is 2.49. The van der Waals surface area contributed by atoms with Crippen LogP contribution in [0.15, 0.2) is 35.5 Å². The number of nitrogens with zero attached hydrogens (tertiary/aromatic N) is 5. The number of esters is 1. The number of hydrogen-bond acceptors (Lipinski definition) is 6. The number of benzene rings is 1. The van der Waals surface area contributed by atoms with Gasteiger partial charge >= 0.3 is 5.97 Å². The molecule has 0 saturated carbocycles. The van der Waals surface area contributed by atoms with E-state index in [-0.39, 0.29) is 42.5 Å². The van der Waals surface area contributed by atoms with E-state index in [0.717, 1.165) is 19.6 Å². The van der Waals surface area contributed by atoms with Crippen molar-refractivity contribution in [2.24, 2.45) is 4.99 Å². The zero-order valence-electron chi connectivity index (χ0n) is 18.4. The summed E-state index contributed by atoms with van der Waals surface area (Å²) >= 11 is 0. The van der Waals surface area contributed by atoms with Crippen molar-refractivity contribution in [1.82, 2.24) is 25.6 Å². The lowest BCUT2D eigenvalue weighted by atomic mass is 10.1. The molecule has 0 bridgehead atoms. The summed E-state index contributed by atoms with van der Waals surface area (Å²) in [6, 6.07) is 8.79. The summed E-state index contributed by atoms with van der Waals surface area (Å²) < 4.78 is 6.09. The fourth-order valence-corrected chi connectivity index (χ4v) is 3.42. The number of halogens is 1. The van der Waals surface area contributed by atoms with Crippen LogP contribution in [0.1, 0.15) is 44.0 Å². The van der Waals surface area contributed by atoms with Crippen LogP contribution in [-0.4, -0.2) is 53.7 Å². The summed E-state index contributed by atoms with van der Waals surface area (Å²) in [6.45, 7) is 7.57. The van der Waals surface area contributed by atoms with Crippen LogP contribution in [0.25, 0.3) is 0 Å². The minimum Gasteiger partial charge on any atom is -0.468 e. The lowest BCUT2D eigenvalue weighted by molar-refractivity contribution is -0.141. The number of aliphatic imine (C=N–C) groups is 1. The number of nitrogens with one attached hydrogen (secondary N) is 2. The molecule has 1 atom stereocenters. The van der Waals surface area contributed by atoms with Gasteiger partial charge in [0.25, 0.3) is 0 Å². The van der Waals surface area contributed by atoms with Gasteiger partial charge in [0, 0.05) is 25.3 Å². The maximum Gasteiger partial charge on any atom is 0.327 e. The molecule has 31 heavy (non-hydrogen) atoms. The highest BCUT2D eigenvalue weighted by Gasteiger charge is 2.14. The van der Waals surface area contributed by atoms with E-state index >= 15 is 0 Å². The number of carbonyl (C=O) groups is 1. The highest BCUT2D eigenvalue weighted by atomic mass is 127. The quantitative estimate of drug-likeness (QED) is 0.230. The average molecular weight is 541 g/mol. The Kier molecular flexibility index (Phi) is 10.0. The first-order chi connectivity index (χ1) is 14.6. The summed E-state index contributed by atoms with van der Waals surface area (Å²) in [5.41, 5.74) is 3.18. The standard InChI is InChI=1S/C21H31N7O2.HI/c1-4-22-21(23-13-18-14-28(26-25-18)15-20(29)30-3)24-16(2)17-8-7-9-19(12-17)27-10-5-6-11-27;/h7-9,12,14,16H,4-6,10-11,13,15H2,1-3H3,(H2,22,23,24);1H.